The highest BCUT2D eigenvalue weighted by Gasteiger charge is 2.16. The van der Waals surface area contributed by atoms with Crippen molar-refractivity contribution >= 4 is 21.4 Å². The van der Waals surface area contributed by atoms with E-state index in [4.69, 9.17) is 0 Å². The number of hydrogen-bond acceptors (Lipinski definition) is 3. The van der Waals surface area contributed by atoms with E-state index in [1.165, 1.54) is 18.2 Å². The second-order valence-electron chi connectivity index (χ2n) is 5.76. The highest BCUT2D eigenvalue weighted by atomic mass is 32.2. The van der Waals surface area contributed by atoms with Crippen molar-refractivity contribution < 1.29 is 22.5 Å². The third-order valence-electron chi connectivity index (χ3n) is 3.42. The summed E-state index contributed by atoms with van der Waals surface area (Å²) in [6.45, 7) is 0.619. The molecule has 128 valence electrons. The van der Waals surface area contributed by atoms with Gasteiger partial charge in [-0.2, -0.15) is 0 Å². The van der Waals surface area contributed by atoms with Gasteiger partial charge in [0.25, 0.3) is 5.91 Å². The Balaban J connectivity index is 2.01. The molecular weight excluding hydrogens is 331 g/mol. The molecular formula is C17H20FN2O3S+. The van der Waals surface area contributed by atoms with E-state index in [9.17, 15) is 17.6 Å². The zero-order chi connectivity index (χ0) is 17.7. The highest BCUT2D eigenvalue weighted by Crippen LogP contribution is 2.20. The van der Waals surface area contributed by atoms with E-state index < -0.39 is 9.84 Å². The van der Waals surface area contributed by atoms with E-state index in [1.54, 1.807) is 30.3 Å². The van der Waals surface area contributed by atoms with Crippen LogP contribution >= 0.6 is 0 Å². The van der Waals surface area contributed by atoms with Gasteiger partial charge in [-0.05, 0) is 24.3 Å². The van der Waals surface area contributed by atoms with Gasteiger partial charge >= 0.3 is 0 Å². The molecule has 0 aliphatic carbocycles. The van der Waals surface area contributed by atoms with E-state index in [0.29, 0.717) is 6.54 Å². The van der Waals surface area contributed by atoms with Crippen molar-refractivity contribution in [3.63, 3.8) is 0 Å². The molecule has 0 aromatic heterocycles. The number of carbonyl (C=O) groups excluding carboxylic acids is 1. The Hall–Kier alpha value is -2.25. The van der Waals surface area contributed by atoms with E-state index in [0.717, 1.165) is 16.7 Å². The smallest absolute Gasteiger partial charge is 0.279 e. The van der Waals surface area contributed by atoms with Crippen molar-refractivity contribution in [2.75, 3.05) is 25.2 Å². The molecule has 24 heavy (non-hydrogen) atoms. The number of rotatable bonds is 6. The molecule has 2 N–H and O–H groups in total. The molecule has 5 nitrogen and oxygen atoms in total. The third-order valence-corrected chi connectivity index (χ3v) is 4.57. The molecule has 0 aliphatic rings. The fraction of sp³-hybridized carbons (Fsp3) is 0.235. The fourth-order valence-corrected chi connectivity index (χ4v) is 3.26. The Morgan fingerprint density at radius 3 is 2.54 bits per heavy atom. The Morgan fingerprint density at radius 1 is 1.17 bits per heavy atom. The number of quaternary nitrogens is 1. The average molecular weight is 351 g/mol. The van der Waals surface area contributed by atoms with Crippen LogP contribution in [0.1, 0.15) is 5.56 Å². The fourth-order valence-electron chi connectivity index (χ4n) is 2.42. The summed E-state index contributed by atoms with van der Waals surface area (Å²) in [5.74, 6) is -0.619. The normalized spacial score (nSPS) is 12.6. The van der Waals surface area contributed by atoms with E-state index in [1.807, 2.05) is 7.05 Å². The molecule has 0 radical (unpaired) electrons. The molecule has 0 saturated carbocycles. The van der Waals surface area contributed by atoms with Crippen LogP contribution in [0.4, 0.5) is 10.1 Å². The number of nitrogens with one attached hydrogen (secondary N) is 2. The van der Waals surface area contributed by atoms with E-state index in [-0.39, 0.29) is 28.9 Å². The summed E-state index contributed by atoms with van der Waals surface area (Å²) < 4.78 is 36.7. The van der Waals surface area contributed by atoms with Gasteiger partial charge in [-0.3, -0.25) is 4.79 Å². The van der Waals surface area contributed by atoms with Gasteiger partial charge in [0.15, 0.2) is 16.4 Å². The van der Waals surface area contributed by atoms with Crippen molar-refractivity contribution in [1.29, 1.82) is 0 Å². The Labute approximate surface area is 141 Å². The van der Waals surface area contributed by atoms with E-state index in [2.05, 4.69) is 5.32 Å². The Kier molecular flexibility index (Phi) is 5.69. The summed E-state index contributed by atoms with van der Waals surface area (Å²) in [6, 6.07) is 12.5. The first kappa shape index (κ1) is 18.1. The third kappa shape index (κ3) is 5.14. The second kappa shape index (κ2) is 7.55. The minimum absolute atomic E-state index is 0.0844. The number of benzene rings is 2. The maximum absolute atomic E-state index is 13.2. The van der Waals surface area contributed by atoms with Gasteiger partial charge in [0.05, 0.1) is 17.6 Å². The van der Waals surface area contributed by atoms with Gasteiger partial charge in [-0.25, -0.2) is 12.8 Å². The van der Waals surface area contributed by atoms with Gasteiger partial charge in [-0.15, -0.1) is 0 Å². The number of carbonyl (C=O) groups is 1. The number of likely N-dealkylation sites (N-methyl/N-ethyl adjacent to an activating group) is 1. The van der Waals surface area contributed by atoms with Crippen LogP contribution < -0.4 is 10.2 Å². The summed E-state index contributed by atoms with van der Waals surface area (Å²) in [6.07, 6.45) is 1.10. The molecule has 0 bridgehead atoms. The lowest BCUT2D eigenvalue weighted by Gasteiger charge is -2.15. The molecule has 2 aromatic carbocycles. The van der Waals surface area contributed by atoms with Crippen molar-refractivity contribution in [2.45, 2.75) is 11.4 Å². The SMILES string of the molecule is C[NH+](CC(=O)Nc1ccccc1S(C)(=O)=O)Cc1cccc(F)c1. The van der Waals surface area contributed by atoms with E-state index >= 15 is 0 Å². The number of sulfone groups is 1. The zero-order valence-electron chi connectivity index (χ0n) is 13.5. The van der Waals surface area contributed by atoms with Gasteiger partial charge in [0.1, 0.15) is 12.4 Å². The maximum Gasteiger partial charge on any atom is 0.279 e. The predicted molar refractivity (Wildman–Crippen MR) is 90.0 cm³/mol. The molecule has 1 atom stereocenters. The topological polar surface area (TPSA) is 67.7 Å². The molecule has 7 heteroatoms. The van der Waals surface area contributed by atoms with Gasteiger partial charge in [-0.1, -0.05) is 24.3 Å². The highest BCUT2D eigenvalue weighted by molar-refractivity contribution is 7.90. The van der Waals surface area contributed by atoms with Crippen LogP contribution in [-0.4, -0.2) is 34.2 Å². The van der Waals surface area contributed by atoms with Crippen LogP contribution in [0.2, 0.25) is 0 Å². The summed E-state index contributed by atoms with van der Waals surface area (Å²) in [7, 11) is -1.61. The lowest BCUT2D eigenvalue weighted by Crippen LogP contribution is -3.08. The molecule has 0 fully saturated rings. The molecule has 2 rings (SSSR count). The number of anilines is 1. The van der Waals surface area contributed by atoms with Crippen LogP contribution in [0.25, 0.3) is 0 Å². The maximum atomic E-state index is 13.2. The van der Waals surface area contributed by atoms with Crippen LogP contribution in [0.3, 0.4) is 0 Å². The number of amides is 1. The number of para-hydroxylation sites is 1. The largest absolute Gasteiger partial charge is 0.326 e. The average Bonchev–Trinajstić information content (AvgIpc) is 2.46. The molecule has 1 amide bonds. The monoisotopic (exact) mass is 351 g/mol. The lowest BCUT2D eigenvalue weighted by atomic mass is 10.2. The molecule has 0 aliphatic heterocycles. The summed E-state index contributed by atoms with van der Waals surface area (Å²) in [5, 5.41) is 2.63. The summed E-state index contributed by atoms with van der Waals surface area (Å²) in [4.78, 5) is 13.1. The standard InChI is InChI=1S/C17H19FN2O3S/c1-20(11-13-6-5-7-14(18)10-13)12-17(21)19-15-8-3-4-9-16(15)24(2,22)23/h3-10H,11-12H2,1-2H3,(H,19,21)/p+1. The van der Waals surface area contributed by atoms with Crippen LogP contribution in [0.15, 0.2) is 53.4 Å². The van der Waals surface area contributed by atoms with Crippen molar-refractivity contribution in [3.8, 4) is 0 Å². The van der Waals surface area contributed by atoms with Gasteiger partial charge in [0.2, 0.25) is 0 Å². The Morgan fingerprint density at radius 2 is 1.88 bits per heavy atom. The molecule has 0 saturated heterocycles. The summed E-state index contributed by atoms with van der Waals surface area (Å²) >= 11 is 0. The minimum Gasteiger partial charge on any atom is -0.326 e. The van der Waals surface area contributed by atoms with Crippen molar-refractivity contribution in [2.24, 2.45) is 0 Å². The second-order valence-corrected chi connectivity index (χ2v) is 7.74. The minimum atomic E-state index is -3.42. The zero-order valence-corrected chi connectivity index (χ0v) is 14.4. The summed E-state index contributed by atoms with van der Waals surface area (Å²) in [5.41, 5.74) is 1.06. The first-order chi connectivity index (χ1) is 11.3. The van der Waals surface area contributed by atoms with Gasteiger partial charge < -0.3 is 10.2 Å². The first-order valence-electron chi connectivity index (χ1n) is 7.40. The van der Waals surface area contributed by atoms with Gasteiger partial charge in [0, 0.05) is 11.8 Å². The number of hydrogen-bond donors (Lipinski definition) is 2. The Bertz CT molecular complexity index is 837. The molecule has 0 heterocycles. The van der Waals surface area contributed by atoms with Crippen molar-refractivity contribution in [3.05, 3.63) is 59.9 Å². The predicted octanol–water partition coefficient (Wildman–Crippen LogP) is 0.883. The molecule has 1 unspecified atom stereocenters. The molecule has 0 spiro atoms. The van der Waals surface area contributed by atoms with Crippen LogP contribution in [0.5, 0.6) is 0 Å². The molecule has 2 aromatic rings. The quantitative estimate of drug-likeness (QED) is 0.812. The number of halogens is 1. The van der Waals surface area contributed by atoms with Crippen LogP contribution in [0, 0.1) is 5.82 Å². The lowest BCUT2D eigenvalue weighted by molar-refractivity contribution is -0.885. The first-order valence-corrected chi connectivity index (χ1v) is 9.29. The van der Waals surface area contributed by atoms with Crippen LogP contribution in [-0.2, 0) is 21.2 Å². The van der Waals surface area contributed by atoms with Crippen molar-refractivity contribution in [1.82, 2.24) is 0 Å².